The van der Waals surface area contributed by atoms with E-state index in [2.05, 4.69) is 20.6 Å². The van der Waals surface area contributed by atoms with Gasteiger partial charge in [0.25, 0.3) is 0 Å². The minimum absolute atomic E-state index is 0. The Morgan fingerprint density at radius 1 is 1.34 bits per heavy atom. The number of halogens is 2. The van der Waals surface area contributed by atoms with Gasteiger partial charge in [0.1, 0.15) is 0 Å². The molecule has 0 spiro atoms. The molecule has 1 fully saturated rings. The number of benzene rings is 1. The number of rotatable bonds is 9. The first-order valence-corrected chi connectivity index (χ1v) is 10.0. The van der Waals surface area contributed by atoms with E-state index in [9.17, 15) is 4.39 Å². The zero-order valence-electron chi connectivity index (χ0n) is 17.0. The molecular formula is C22H30FIN4O. The van der Waals surface area contributed by atoms with Gasteiger partial charge in [-0.2, -0.15) is 0 Å². The highest BCUT2D eigenvalue weighted by Gasteiger charge is 2.22. The molecule has 0 aliphatic heterocycles. The van der Waals surface area contributed by atoms with Crippen LogP contribution in [-0.4, -0.2) is 30.6 Å². The predicted molar refractivity (Wildman–Crippen MR) is 126 cm³/mol. The van der Waals surface area contributed by atoms with E-state index < -0.39 is 0 Å². The number of ether oxygens (including phenoxy) is 1. The Bertz CT molecular complexity index is 784. The highest BCUT2D eigenvalue weighted by Crippen LogP contribution is 2.30. The van der Waals surface area contributed by atoms with Crippen molar-refractivity contribution in [2.75, 3.05) is 19.7 Å². The van der Waals surface area contributed by atoms with Crippen LogP contribution in [0.3, 0.4) is 0 Å². The molecule has 158 valence electrons. The van der Waals surface area contributed by atoms with Gasteiger partial charge in [-0.1, -0.05) is 12.1 Å². The smallest absolute Gasteiger partial charge is 0.191 e. The van der Waals surface area contributed by atoms with E-state index in [0.717, 1.165) is 24.1 Å². The monoisotopic (exact) mass is 512 g/mol. The SMILES string of the molecule is CCNC(=NCCc1cccnc1)NC(C)c1ccc(OCC2CC2)c(F)c1.I. The number of aromatic nitrogens is 1. The normalized spacial score (nSPS) is 14.7. The molecule has 0 amide bonds. The number of nitrogens with one attached hydrogen (secondary N) is 2. The van der Waals surface area contributed by atoms with Gasteiger partial charge in [0.2, 0.25) is 0 Å². The van der Waals surface area contributed by atoms with Crippen molar-refractivity contribution in [2.45, 2.75) is 39.2 Å². The summed E-state index contributed by atoms with van der Waals surface area (Å²) in [5.41, 5.74) is 2.01. The molecule has 1 atom stereocenters. The van der Waals surface area contributed by atoms with Crippen molar-refractivity contribution < 1.29 is 9.13 Å². The number of nitrogens with zero attached hydrogens (tertiary/aromatic N) is 2. The molecule has 5 nitrogen and oxygen atoms in total. The summed E-state index contributed by atoms with van der Waals surface area (Å²) >= 11 is 0. The average Bonchev–Trinajstić information content (AvgIpc) is 3.52. The van der Waals surface area contributed by atoms with E-state index in [1.54, 1.807) is 18.3 Å². The Balaban J connectivity index is 0.00000300. The lowest BCUT2D eigenvalue weighted by atomic mass is 10.1. The number of hydrogen-bond acceptors (Lipinski definition) is 3. The molecule has 1 saturated carbocycles. The van der Waals surface area contributed by atoms with Gasteiger partial charge in [0.05, 0.1) is 12.6 Å². The first kappa shape index (κ1) is 23.4. The molecule has 0 bridgehead atoms. The van der Waals surface area contributed by atoms with Crippen molar-refractivity contribution in [1.82, 2.24) is 15.6 Å². The lowest BCUT2D eigenvalue weighted by molar-refractivity contribution is 0.285. The summed E-state index contributed by atoms with van der Waals surface area (Å²) in [4.78, 5) is 8.74. The van der Waals surface area contributed by atoms with Crippen LogP contribution in [0.4, 0.5) is 4.39 Å². The van der Waals surface area contributed by atoms with E-state index in [4.69, 9.17) is 4.74 Å². The summed E-state index contributed by atoms with van der Waals surface area (Å²) in [5.74, 6) is 1.34. The molecule has 1 aliphatic rings. The first-order valence-electron chi connectivity index (χ1n) is 10.0. The quantitative estimate of drug-likeness (QED) is 0.296. The number of aliphatic imine (C=N–C) groups is 1. The Kier molecular flexibility index (Phi) is 9.63. The van der Waals surface area contributed by atoms with Crippen molar-refractivity contribution in [3.63, 3.8) is 0 Å². The third-order valence-corrected chi connectivity index (χ3v) is 4.72. The summed E-state index contributed by atoms with van der Waals surface area (Å²) in [7, 11) is 0. The second-order valence-electron chi connectivity index (χ2n) is 7.18. The lowest BCUT2D eigenvalue weighted by Gasteiger charge is -2.19. The van der Waals surface area contributed by atoms with E-state index in [0.29, 0.717) is 30.8 Å². The first-order chi connectivity index (χ1) is 13.7. The molecule has 1 heterocycles. The van der Waals surface area contributed by atoms with Crippen molar-refractivity contribution in [1.29, 1.82) is 0 Å². The molecule has 1 aromatic carbocycles. The maximum atomic E-state index is 14.4. The zero-order valence-corrected chi connectivity index (χ0v) is 19.4. The van der Waals surface area contributed by atoms with Gasteiger partial charge in [-0.05, 0) is 68.4 Å². The van der Waals surface area contributed by atoms with Gasteiger partial charge in [-0.3, -0.25) is 9.98 Å². The number of pyridine rings is 1. The molecule has 7 heteroatoms. The Hall–Kier alpha value is -1.90. The maximum absolute atomic E-state index is 14.4. The van der Waals surface area contributed by atoms with Gasteiger partial charge in [0.15, 0.2) is 17.5 Å². The molecule has 2 aromatic rings. The standard InChI is InChI=1S/C22H29FN4O.HI/c1-3-25-22(26-12-10-17-5-4-11-24-14-17)27-16(2)19-8-9-21(20(23)13-19)28-15-18-6-7-18;/h4-5,8-9,11,13-14,16,18H,3,6-7,10,12,15H2,1-2H3,(H2,25,26,27);1H. The van der Waals surface area contributed by atoms with Gasteiger partial charge < -0.3 is 15.4 Å². The second kappa shape index (κ2) is 11.9. The predicted octanol–water partition coefficient (Wildman–Crippen LogP) is 4.49. The minimum atomic E-state index is -0.315. The van der Waals surface area contributed by atoms with Crippen LogP contribution in [-0.2, 0) is 6.42 Å². The van der Waals surface area contributed by atoms with Crippen LogP contribution in [0.2, 0.25) is 0 Å². The third kappa shape index (κ3) is 7.79. The van der Waals surface area contributed by atoms with Crippen LogP contribution in [0.1, 0.15) is 43.9 Å². The Morgan fingerprint density at radius 2 is 2.17 bits per heavy atom. The highest BCUT2D eigenvalue weighted by atomic mass is 127. The van der Waals surface area contributed by atoms with E-state index in [1.165, 1.54) is 12.8 Å². The fourth-order valence-electron chi connectivity index (χ4n) is 2.85. The number of hydrogen-bond donors (Lipinski definition) is 2. The second-order valence-corrected chi connectivity index (χ2v) is 7.18. The van der Waals surface area contributed by atoms with E-state index in [1.807, 2.05) is 38.2 Å². The topological polar surface area (TPSA) is 58.5 Å². The van der Waals surface area contributed by atoms with Crippen LogP contribution in [0.15, 0.2) is 47.7 Å². The Morgan fingerprint density at radius 3 is 2.83 bits per heavy atom. The van der Waals surface area contributed by atoms with Crippen LogP contribution >= 0.6 is 24.0 Å². The van der Waals surface area contributed by atoms with Crippen LogP contribution in [0.25, 0.3) is 0 Å². The van der Waals surface area contributed by atoms with Crippen LogP contribution in [0, 0.1) is 11.7 Å². The fourth-order valence-corrected chi connectivity index (χ4v) is 2.85. The molecule has 1 unspecified atom stereocenters. The number of guanidine groups is 1. The van der Waals surface area contributed by atoms with Gasteiger partial charge in [-0.15, -0.1) is 24.0 Å². The molecule has 29 heavy (non-hydrogen) atoms. The van der Waals surface area contributed by atoms with Crippen molar-refractivity contribution >= 4 is 29.9 Å². The largest absolute Gasteiger partial charge is 0.490 e. The highest BCUT2D eigenvalue weighted by molar-refractivity contribution is 14.0. The molecule has 2 N–H and O–H groups in total. The van der Waals surface area contributed by atoms with Crippen LogP contribution < -0.4 is 15.4 Å². The summed E-state index contributed by atoms with van der Waals surface area (Å²) < 4.78 is 19.9. The van der Waals surface area contributed by atoms with Crippen molar-refractivity contribution in [3.8, 4) is 5.75 Å². The summed E-state index contributed by atoms with van der Waals surface area (Å²) in [6, 6.07) is 9.06. The fraction of sp³-hybridized carbons (Fsp3) is 0.455. The molecular weight excluding hydrogens is 482 g/mol. The van der Waals surface area contributed by atoms with Gasteiger partial charge in [-0.25, -0.2) is 4.39 Å². The zero-order chi connectivity index (χ0) is 19.8. The van der Waals surface area contributed by atoms with E-state index >= 15 is 0 Å². The van der Waals surface area contributed by atoms with Crippen molar-refractivity contribution in [3.05, 3.63) is 59.7 Å². The third-order valence-electron chi connectivity index (χ3n) is 4.72. The lowest BCUT2D eigenvalue weighted by Crippen LogP contribution is -2.38. The molecule has 0 saturated heterocycles. The summed E-state index contributed by atoms with van der Waals surface area (Å²) in [6.07, 6.45) is 6.82. The molecule has 1 aliphatic carbocycles. The molecule has 3 rings (SSSR count). The van der Waals surface area contributed by atoms with Gasteiger partial charge >= 0.3 is 0 Å². The minimum Gasteiger partial charge on any atom is -0.490 e. The van der Waals surface area contributed by atoms with E-state index in [-0.39, 0.29) is 35.8 Å². The summed E-state index contributed by atoms with van der Waals surface area (Å²) in [5, 5.41) is 6.58. The maximum Gasteiger partial charge on any atom is 0.191 e. The van der Waals surface area contributed by atoms with Gasteiger partial charge in [0, 0.05) is 25.5 Å². The summed E-state index contributed by atoms with van der Waals surface area (Å²) in [6.45, 7) is 6.03. The molecule has 1 aromatic heterocycles. The van der Waals surface area contributed by atoms with Crippen LogP contribution in [0.5, 0.6) is 5.75 Å². The van der Waals surface area contributed by atoms with Crippen molar-refractivity contribution in [2.24, 2.45) is 10.9 Å². The molecule has 0 radical (unpaired) electrons. The Labute approximate surface area is 189 Å². The average molecular weight is 512 g/mol.